The van der Waals surface area contributed by atoms with Gasteiger partial charge < -0.3 is 20.9 Å². The highest BCUT2D eigenvalue weighted by atomic mass is 19.1. The summed E-state index contributed by atoms with van der Waals surface area (Å²) in [6.45, 7) is 4.05. The van der Waals surface area contributed by atoms with Crippen LogP contribution < -0.4 is 16.0 Å². The quantitative estimate of drug-likeness (QED) is 0.610. The van der Waals surface area contributed by atoms with Crippen molar-refractivity contribution < 1.29 is 18.8 Å². The van der Waals surface area contributed by atoms with Crippen molar-refractivity contribution in [2.24, 2.45) is 0 Å². The fourth-order valence-electron chi connectivity index (χ4n) is 3.67. The molecule has 0 radical (unpaired) electrons. The van der Waals surface area contributed by atoms with Crippen LogP contribution in [0, 0.1) is 19.7 Å². The lowest BCUT2D eigenvalue weighted by molar-refractivity contribution is -0.120. The van der Waals surface area contributed by atoms with Gasteiger partial charge >= 0.3 is 0 Å². The van der Waals surface area contributed by atoms with Crippen LogP contribution in [0.3, 0.4) is 0 Å². The number of benzene rings is 1. The summed E-state index contributed by atoms with van der Waals surface area (Å²) in [5, 5.41) is 8.13. The van der Waals surface area contributed by atoms with Crippen LogP contribution in [0.15, 0.2) is 18.2 Å². The maximum absolute atomic E-state index is 13.6. The van der Waals surface area contributed by atoms with E-state index in [1.165, 1.54) is 18.2 Å². The standard InChI is InChI=1S/C20H19FN4O3/c1-9-16(8-13-12-7-11(21)3-4-14(12)24-18(13)26)23-10(2)17(9)20(28)25-15-5-6-22-19(15)27/h3-4,7-8,15,23H,5-6H2,1-2H3,(H,22,27)(H,24,26)(H,25,28)/b13-8-/t15-/m0/s1. The lowest BCUT2D eigenvalue weighted by atomic mass is 10.0. The molecule has 4 N–H and O–H groups in total. The van der Waals surface area contributed by atoms with Crippen LogP contribution >= 0.6 is 0 Å². The van der Waals surface area contributed by atoms with Gasteiger partial charge in [-0.15, -0.1) is 0 Å². The highest BCUT2D eigenvalue weighted by Gasteiger charge is 2.29. The van der Waals surface area contributed by atoms with E-state index in [0.29, 0.717) is 52.3 Å². The second-order valence-corrected chi connectivity index (χ2v) is 6.97. The summed E-state index contributed by atoms with van der Waals surface area (Å²) in [7, 11) is 0. The van der Waals surface area contributed by atoms with E-state index >= 15 is 0 Å². The van der Waals surface area contributed by atoms with Crippen molar-refractivity contribution in [2.45, 2.75) is 26.3 Å². The molecule has 3 heterocycles. The van der Waals surface area contributed by atoms with E-state index in [9.17, 15) is 18.8 Å². The average Bonchev–Trinajstić information content (AvgIpc) is 3.26. The van der Waals surface area contributed by atoms with Crippen molar-refractivity contribution in [3.63, 3.8) is 0 Å². The smallest absolute Gasteiger partial charge is 0.256 e. The van der Waals surface area contributed by atoms with Gasteiger partial charge in [-0.25, -0.2) is 4.39 Å². The molecular formula is C20H19FN4O3. The maximum atomic E-state index is 13.6. The number of carbonyl (C=O) groups excluding carboxylic acids is 3. The molecule has 1 saturated heterocycles. The molecule has 0 unspecified atom stereocenters. The monoisotopic (exact) mass is 382 g/mol. The third-order valence-corrected chi connectivity index (χ3v) is 5.11. The first-order valence-corrected chi connectivity index (χ1v) is 8.96. The minimum atomic E-state index is -0.543. The number of rotatable bonds is 3. The highest BCUT2D eigenvalue weighted by molar-refractivity contribution is 6.34. The predicted octanol–water partition coefficient (Wildman–Crippen LogP) is 1.88. The molecule has 0 spiro atoms. The number of amides is 3. The van der Waals surface area contributed by atoms with Gasteiger partial charge in [0.2, 0.25) is 5.91 Å². The fourth-order valence-corrected chi connectivity index (χ4v) is 3.67. The molecule has 7 nitrogen and oxygen atoms in total. The number of aromatic nitrogens is 1. The van der Waals surface area contributed by atoms with Crippen LogP contribution in [0.1, 0.15) is 39.3 Å². The zero-order valence-electron chi connectivity index (χ0n) is 15.4. The Hall–Kier alpha value is -3.42. The Balaban J connectivity index is 1.68. The van der Waals surface area contributed by atoms with Gasteiger partial charge in [-0.1, -0.05) is 0 Å². The number of halogens is 1. The Morgan fingerprint density at radius 1 is 1.29 bits per heavy atom. The molecule has 1 atom stereocenters. The zero-order valence-corrected chi connectivity index (χ0v) is 15.4. The number of aryl methyl sites for hydroxylation is 1. The van der Waals surface area contributed by atoms with Crippen LogP contribution in [-0.4, -0.2) is 35.3 Å². The molecule has 2 aliphatic rings. The van der Waals surface area contributed by atoms with E-state index in [4.69, 9.17) is 0 Å². The Morgan fingerprint density at radius 3 is 2.79 bits per heavy atom. The van der Waals surface area contributed by atoms with Crippen LogP contribution in [0.2, 0.25) is 0 Å². The molecular weight excluding hydrogens is 363 g/mol. The van der Waals surface area contributed by atoms with Gasteiger partial charge in [0.25, 0.3) is 11.8 Å². The number of carbonyl (C=O) groups is 3. The summed E-state index contributed by atoms with van der Waals surface area (Å²) in [6.07, 6.45) is 2.16. The summed E-state index contributed by atoms with van der Waals surface area (Å²) in [6, 6.07) is 3.56. The lowest BCUT2D eigenvalue weighted by Crippen LogP contribution is -2.40. The van der Waals surface area contributed by atoms with Crippen LogP contribution in [0.25, 0.3) is 11.6 Å². The first-order valence-electron chi connectivity index (χ1n) is 8.96. The minimum Gasteiger partial charge on any atom is -0.358 e. The first-order chi connectivity index (χ1) is 13.3. The van der Waals surface area contributed by atoms with E-state index < -0.39 is 11.9 Å². The van der Waals surface area contributed by atoms with Crippen LogP contribution in [0.5, 0.6) is 0 Å². The van der Waals surface area contributed by atoms with Crippen molar-refractivity contribution in [3.05, 3.63) is 52.1 Å². The SMILES string of the molecule is Cc1[nH]c(/C=C2\C(=O)Nc3ccc(F)cc32)c(C)c1C(=O)N[C@H]1CCNC1=O. The van der Waals surface area contributed by atoms with E-state index in [1.54, 1.807) is 19.9 Å². The third kappa shape index (κ3) is 2.96. The molecule has 8 heteroatoms. The number of hydrogen-bond acceptors (Lipinski definition) is 3. The Morgan fingerprint density at radius 2 is 2.07 bits per heavy atom. The summed E-state index contributed by atoms with van der Waals surface area (Å²) >= 11 is 0. The van der Waals surface area contributed by atoms with Crippen LogP contribution in [-0.2, 0) is 9.59 Å². The molecule has 1 aromatic heterocycles. The van der Waals surface area contributed by atoms with Gasteiger partial charge in [-0.2, -0.15) is 0 Å². The van der Waals surface area contributed by atoms with Crippen molar-refractivity contribution in [1.29, 1.82) is 0 Å². The minimum absolute atomic E-state index is 0.192. The Bertz CT molecular complexity index is 1050. The molecule has 0 saturated carbocycles. The molecule has 1 aromatic carbocycles. The topological polar surface area (TPSA) is 103 Å². The molecule has 0 bridgehead atoms. The van der Waals surface area contributed by atoms with Crippen molar-refractivity contribution in [3.8, 4) is 0 Å². The van der Waals surface area contributed by atoms with Gasteiger partial charge in [-0.05, 0) is 50.1 Å². The third-order valence-electron chi connectivity index (χ3n) is 5.11. The number of anilines is 1. The molecule has 144 valence electrons. The van der Waals surface area contributed by atoms with E-state index in [-0.39, 0.29) is 17.7 Å². The number of fused-ring (bicyclic) bond motifs is 1. The normalized spacial score (nSPS) is 19.5. The summed E-state index contributed by atoms with van der Waals surface area (Å²) in [4.78, 5) is 39.8. The molecule has 2 aromatic rings. The number of nitrogens with one attached hydrogen (secondary N) is 4. The van der Waals surface area contributed by atoms with E-state index in [1.807, 2.05) is 0 Å². The number of H-pyrrole nitrogens is 1. The molecule has 2 aliphatic heterocycles. The van der Waals surface area contributed by atoms with Gasteiger partial charge in [0, 0.05) is 29.2 Å². The summed E-state index contributed by atoms with van der Waals surface area (Å²) in [5.74, 6) is -1.31. The van der Waals surface area contributed by atoms with Crippen molar-refractivity contribution in [1.82, 2.24) is 15.6 Å². The van der Waals surface area contributed by atoms with Gasteiger partial charge in [0.15, 0.2) is 0 Å². The molecule has 3 amide bonds. The lowest BCUT2D eigenvalue weighted by Gasteiger charge is -2.10. The zero-order chi connectivity index (χ0) is 20.0. The second kappa shape index (κ2) is 6.63. The van der Waals surface area contributed by atoms with Crippen molar-refractivity contribution in [2.75, 3.05) is 11.9 Å². The van der Waals surface area contributed by atoms with Gasteiger partial charge in [0.05, 0.1) is 11.1 Å². The van der Waals surface area contributed by atoms with Crippen LogP contribution in [0.4, 0.5) is 10.1 Å². The maximum Gasteiger partial charge on any atom is 0.256 e. The molecule has 4 rings (SSSR count). The average molecular weight is 382 g/mol. The Kier molecular flexibility index (Phi) is 4.26. The number of hydrogen-bond donors (Lipinski definition) is 4. The van der Waals surface area contributed by atoms with Gasteiger partial charge in [0.1, 0.15) is 11.9 Å². The Labute approximate surface area is 160 Å². The highest BCUT2D eigenvalue weighted by Crippen LogP contribution is 2.34. The van der Waals surface area contributed by atoms with Crippen molar-refractivity contribution >= 4 is 35.1 Å². The fraction of sp³-hybridized carbons (Fsp3) is 0.250. The summed E-state index contributed by atoms with van der Waals surface area (Å²) in [5.41, 5.74) is 3.64. The second-order valence-electron chi connectivity index (χ2n) is 6.97. The first kappa shape index (κ1) is 18.0. The van der Waals surface area contributed by atoms with Gasteiger partial charge in [-0.3, -0.25) is 14.4 Å². The number of aromatic amines is 1. The molecule has 28 heavy (non-hydrogen) atoms. The summed E-state index contributed by atoms with van der Waals surface area (Å²) < 4.78 is 13.6. The van der Waals surface area contributed by atoms with E-state index in [2.05, 4.69) is 20.9 Å². The largest absolute Gasteiger partial charge is 0.358 e. The molecule has 0 aliphatic carbocycles. The predicted molar refractivity (Wildman–Crippen MR) is 102 cm³/mol. The van der Waals surface area contributed by atoms with E-state index in [0.717, 1.165) is 0 Å². The molecule has 1 fully saturated rings.